The maximum atomic E-state index is 12.1. The summed E-state index contributed by atoms with van der Waals surface area (Å²) < 4.78 is 0. The maximum absolute atomic E-state index is 12.1. The average molecular weight is 291 g/mol. The van der Waals surface area contributed by atoms with Crippen LogP contribution in [0.3, 0.4) is 0 Å². The molecule has 1 saturated heterocycles. The molecule has 20 heavy (non-hydrogen) atoms. The summed E-state index contributed by atoms with van der Waals surface area (Å²) in [7, 11) is 1.75. The molecule has 1 aromatic rings. The second kappa shape index (κ2) is 6.55. The Labute approximate surface area is 122 Å². The third-order valence-corrected chi connectivity index (χ3v) is 3.97. The Hall–Kier alpha value is -1.84. The van der Waals surface area contributed by atoms with Gasteiger partial charge in [-0.3, -0.25) is 9.59 Å². The number of hydrogen-bond donors (Lipinski definition) is 2. The molecule has 1 atom stereocenters. The zero-order chi connectivity index (χ0) is 14.5. The van der Waals surface area contributed by atoms with Crippen LogP contribution < -0.4 is 11.1 Å². The molecule has 0 aliphatic carbocycles. The third-order valence-electron chi connectivity index (χ3n) is 3.05. The van der Waals surface area contributed by atoms with E-state index in [1.54, 1.807) is 23.3 Å². The minimum absolute atomic E-state index is 0.0427. The summed E-state index contributed by atoms with van der Waals surface area (Å²) >= 11 is 1.56. The summed E-state index contributed by atoms with van der Waals surface area (Å²) in [6.07, 6.45) is 1.02. The van der Waals surface area contributed by atoms with Crippen molar-refractivity contribution in [3.63, 3.8) is 0 Å². The molecule has 2 heterocycles. The highest BCUT2D eigenvalue weighted by atomic mass is 32.1. The minimum atomic E-state index is -0.371. The highest BCUT2D eigenvalue weighted by Gasteiger charge is 2.29. The van der Waals surface area contributed by atoms with Crippen molar-refractivity contribution < 1.29 is 9.59 Å². The molecule has 106 valence electrons. The van der Waals surface area contributed by atoms with Crippen LogP contribution >= 0.6 is 11.3 Å². The number of hydrogen-bond acceptors (Lipinski definition) is 4. The largest absolute Gasteiger partial charge is 0.344 e. The summed E-state index contributed by atoms with van der Waals surface area (Å²) in [6, 6.07) is 1.59. The lowest BCUT2D eigenvalue weighted by Gasteiger charge is -2.20. The van der Waals surface area contributed by atoms with Crippen LogP contribution in [0.2, 0.25) is 0 Å². The standard InChI is InChI=1S/C14H17N3O2S/c1-17(14(19)12-4-5-13(18)16-12)8-11-7-10(9-20-11)3-2-6-15/h7,9,12H,4-6,8,15H2,1H3,(H,16,18). The number of amides is 2. The molecule has 1 aliphatic heterocycles. The molecule has 1 aromatic heterocycles. The number of carbonyl (C=O) groups excluding carboxylic acids is 2. The van der Waals surface area contributed by atoms with Crippen molar-refractivity contribution in [3.05, 3.63) is 21.9 Å². The van der Waals surface area contributed by atoms with Gasteiger partial charge in [-0.2, -0.15) is 0 Å². The fourth-order valence-corrected chi connectivity index (χ4v) is 2.93. The van der Waals surface area contributed by atoms with E-state index in [0.29, 0.717) is 25.9 Å². The van der Waals surface area contributed by atoms with Crippen molar-refractivity contribution >= 4 is 23.2 Å². The molecule has 1 unspecified atom stereocenters. The lowest BCUT2D eigenvalue weighted by Crippen LogP contribution is -2.42. The first-order valence-corrected chi connectivity index (χ1v) is 7.29. The van der Waals surface area contributed by atoms with Crippen molar-refractivity contribution in [1.82, 2.24) is 10.2 Å². The van der Waals surface area contributed by atoms with Gasteiger partial charge in [-0.25, -0.2) is 0 Å². The Kier molecular flexibility index (Phi) is 4.77. The lowest BCUT2D eigenvalue weighted by molar-refractivity contribution is -0.133. The number of nitrogens with zero attached hydrogens (tertiary/aromatic N) is 1. The molecule has 6 heteroatoms. The van der Waals surface area contributed by atoms with E-state index in [2.05, 4.69) is 17.2 Å². The summed E-state index contributed by atoms with van der Waals surface area (Å²) in [5.74, 6) is 5.67. The van der Waals surface area contributed by atoms with Crippen molar-refractivity contribution in [1.29, 1.82) is 0 Å². The highest BCUT2D eigenvalue weighted by molar-refractivity contribution is 7.10. The van der Waals surface area contributed by atoms with Gasteiger partial charge < -0.3 is 16.0 Å². The fourth-order valence-electron chi connectivity index (χ4n) is 2.06. The number of nitrogens with two attached hydrogens (primary N) is 1. The van der Waals surface area contributed by atoms with E-state index in [4.69, 9.17) is 5.73 Å². The van der Waals surface area contributed by atoms with Crippen molar-refractivity contribution in [3.8, 4) is 11.8 Å². The van der Waals surface area contributed by atoms with E-state index in [9.17, 15) is 9.59 Å². The van der Waals surface area contributed by atoms with Crippen LogP contribution in [0.4, 0.5) is 0 Å². The molecular weight excluding hydrogens is 274 g/mol. The Bertz CT molecular complexity index is 570. The molecule has 3 N–H and O–H groups in total. The third kappa shape index (κ3) is 3.59. The van der Waals surface area contributed by atoms with Crippen LogP contribution in [-0.4, -0.2) is 36.3 Å². The van der Waals surface area contributed by atoms with Gasteiger partial charge >= 0.3 is 0 Å². The molecule has 2 amide bonds. The number of likely N-dealkylation sites (N-methyl/N-ethyl adjacent to an activating group) is 1. The summed E-state index contributed by atoms with van der Waals surface area (Å²) in [6.45, 7) is 0.866. The van der Waals surface area contributed by atoms with Crippen LogP contribution in [0.5, 0.6) is 0 Å². The van der Waals surface area contributed by atoms with Gasteiger partial charge in [-0.1, -0.05) is 11.8 Å². The molecule has 0 radical (unpaired) electrons. The predicted octanol–water partition coefficient (Wildman–Crippen LogP) is 0.295. The Morgan fingerprint density at radius 3 is 3.10 bits per heavy atom. The molecule has 0 bridgehead atoms. The van der Waals surface area contributed by atoms with Crippen LogP contribution in [0.25, 0.3) is 0 Å². The smallest absolute Gasteiger partial charge is 0.245 e. The van der Waals surface area contributed by atoms with Gasteiger partial charge in [0.1, 0.15) is 6.04 Å². The van der Waals surface area contributed by atoms with E-state index < -0.39 is 0 Å². The SMILES string of the molecule is CN(Cc1cc(C#CCN)cs1)C(=O)C1CCC(=O)N1. The molecule has 1 aliphatic rings. The Morgan fingerprint density at radius 1 is 1.65 bits per heavy atom. The van der Waals surface area contributed by atoms with Gasteiger partial charge in [0.25, 0.3) is 0 Å². The molecule has 0 saturated carbocycles. The normalized spacial score (nSPS) is 17.3. The molecular formula is C14H17N3O2S. The molecule has 1 fully saturated rings. The van der Waals surface area contributed by atoms with Crippen LogP contribution in [0, 0.1) is 11.8 Å². The van der Waals surface area contributed by atoms with Crippen LogP contribution in [0.15, 0.2) is 11.4 Å². The van der Waals surface area contributed by atoms with Gasteiger partial charge in [0.15, 0.2) is 0 Å². The minimum Gasteiger partial charge on any atom is -0.344 e. The first-order chi connectivity index (χ1) is 9.60. The number of carbonyl (C=O) groups is 2. The topological polar surface area (TPSA) is 75.4 Å². The maximum Gasteiger partial charge on any atom is 0.245 e. The first kappa shape index (κ1) is 14.6. The quantitative estimate of drug-likeness (QED) is 0.786. The predicted molar refractivity (Wildman–Crippen MR) is 77.9 cm³/mol. The molecule has 0 aromatic carbocycles. The number of nitrogens with one attached hydrogen (secondary N) is 1. The van der Waals surface area contributed by atoms with E-state index in [1.807, 2.05) is 11.4 Å². The first-order valence-electron chi connectivity index (χ1n) is 6.41. The lowest BCUT2D eigenvalue weighted by atomic mass is 10.2. The van der Waals surface area contributed by atoms with Gasteiger partial charge in [0.2, 0.25) is 11.8 Å². The van der Waals surface area contributed by atoms with Gasteiger partial charge in [0, 0.05) is 29.3 Å². The molecule has 5 nitrogen and oxygen atoms in total. The Morgan fingerprint density at radius 2 is 2.45 bits per heavy atom. The molecule has 2 rings (SSSR count). The molecule has 0 spiro atoms. The zero-order valence-electron chi connectivity index (χ0n) is 11.3. The monoisotopic (exact) mass is 291 g/mol. The highest BCUT2D eigenvalue weighted by Crippen LogP contribution is 2.17. The van der Waals surface area contributed by atoms with E-state index in [-0.39, 0.29) is 17.9 Å². The second-order valence-electron chi connectivity index (χ2n) is 4.66. The summed E-state index contributed by atoms with van der Waals surface area (Å²) in [5, 5.41) is 4.64. The summed E-state index contributed by atoms with van der Waals surface area (Å²) in [5.41, 5.74) is 6.25. The van der Waals surface area contributed by atoms with Crippen LogP contribution in [0.1, 0.15) is 23.3 Å². The average Bonchev–Trinajstić information content (AvgIpc) is 3.04. The van der Waals surface area contributed by atoms with E-state index in [1.165, 1.54) is 0 Å². The van der Waals surface area contributed by atoms with Crippen LogP contribution in [-0.2, 0) is 16.1 Å². The van der Waals surface area contributed by atoms with Gasteiger partial charge in [-0.05, 0) is 12.5 Å². The number of rotatable bonds is 3. The van der Waals surface area contributed by atoms with Crippen molar-refractivity contribution in [2.75, 3.05) is 13.6 Å². The van der Waals surface area contributed by atoms with Gasteiger partial charge in [-0.15, -0.1) is 11.3 Å². The summed E-state index contributed by atoms with van der Waals surface area (Å²) in [4.78, 5) is 26.0. The second-order valence-corrected chi connectivity index (χ2v) is 5.66. The Balaban J connectivity index is 1.93. The van der Waals surface area contributed by atoms with Gasteiger partial charge in [0.05, 0.1) is 13.1 Å². The van der Waals surface area contributed by atoms with E-state index in [0.717, 1.165) is 10.4 Å². The zero-order valence-corrected chi connectivity index (χ0v) is 12.1. The van der Waals surface area contributed by atoms with E-state index >= 15 is 0 Å². The van der Waals surface area contributed by atoms with Crippen molar-refractivity contribution in [2.45, 2.75) is 25.4 Å². The van der Waals surface area contributed by atoms with Crippen molar-refractivity contribution in [2.24, 2.45) is 5.73 Å². The number of thiophene rings is 1. The fraction of sp³-hybridized carbons (Fsp3) is 0.429.